The van der Waals surface area contributed by atoms with Gasteiger partial charge in [0.15, 0.2) is 5.82 Å². The highest BCUT2D eigenvalue weighted by Crippen LogP contribution is 2.45. The molecule has 0 unspecified atom stereocenters. The molecular formula is C21H15Cl2N3S. The Kier molecular flexibility index (Phi) is 5.12. The molecule has 3 nitrogen and oxygen atoms in total. The van der Waals surface area contributed by atoms with Crippen molar-refractivity contribution in [1.29, 1.82) is 0 Å². The molecule has 6 heteroatoms. The van der Waals surface area contributed by atoms with E-state index < -0.39 is 0 Å². The molecule has 0 aliphatic rings. The first kappa shape index (κ1) is 18.0. The standard InChI is InChI=1S/C21H15Cl2N3S/c1-2-10-26-11-9-25-21(26)20-17(16-4-3-15(22)12-18(16)23)13-19(27-20)14-5-7-24-8-6-14/h2-9,11-13H,1,10H2. The summed E-state index contributed by atoms with van der Waals surface area (Å²) >= 11 is 14.3. The molecule has 1 aromatic carbocycles. The molecule has 0 radical (unpaired) electrons. The number of pyridine rings is 1. The molecule has 0 bridgehead atoms. The number of hydrogen-bond acceptors (Lipinski definition) is 3. The van der Waals surface area contributed by atoms with Crippen molar-refractivity contribution < 1.29 is 0 Å². The molecule has 0 saturated heterocycles. The lowest BCUT2D eigenvalue weighted by Crippen LogP contribution is -1.96. The monoisotopic (exact) mass is 411 g/mol. The third-order valence-corrected chi connectivity index (χ3v) is 5.89. The highest BCUT2D eigenvalue weighted by molar-refractivity contribution is 7.19. The van der Waals surface area contributed by atoms with Gasteiger partial charge in [0, 0.05) is 57.4 Å². The van der Waals surface area contributed by atoms with Crippen LogP contribution in [-0.4, -0.2) is 14.5 Å². The van der Waals surface area contributed by atoms with Gasteiger partial charge in [-0.1, -0.05) is 35.3 Å². The Morgan fingerprint density at radius 3 is 2.59 bits per heavy atom. The number of benzene rings is 1. The van der Waals surface area contributed by atoms with Gasteiger partial charge >= 0.3 is 0 Å². The maximum Gasteiger partial charge on any atom is 0.150 e. The van der Waals surface area contributed by atoms with Crippen LogP contribution in [-0.2, 0) is 6.54 Å². The average Bonchev–Trinajstić information content (AvgIpc) is 3.29. The average molecular weight is 412 g/mol. The van der Waals surface area contributed by atoms with Crippen LogP contribution in [0.4, 0.5) is 0 Å². The number of thiophene rings is 1. The van der Waals surface area contributed by atoms with Crippen molar-refractivity contribution in [3.63, 3.8) is 0 Å². The van der Waals surface area contributed by atoms with Crippen LogP contribution in [0.25, 0.3) is 32.3 Å². The van der Waals surface area contributed by atoms with Gasteiger partial charge in [0.05, 0.1) is 4.88 Å². The minimum atomic E-state index is 0.614. The predicted octanol–water partition coefficient (Wildman–Crippen LogP) is 6.83. The zero-order chi connectivity index (χ0) is 18.8. The second kappa shape index (κ2) is 7.69. The molecular weight excluding hydrogens is 397 g/mol. The van der Waals surface area contributed by atoms with Crippen LogP contribution in [0, 0.1) is 0 Å². The van der Waals surface area contributed by atoms with Crippen LogP contribution in [0.2, 0.25) is 10.0 Å². The molecule has 134 valence electrons. The van der Waals surface area contributed by atoms with Crippen LogP contribution in [0.5, 0.6) is 0 Å². The van der Waals surface area contributed by atoms with Crippen LogP contribution in [0.3, 0.4) is 0 Å². The number of nitrogens with zero attached hydrogens (tertiary/aromatic N) is 3. The van der Waals surface area contributed by atoms with E-state index >= 15 is 0 Å². The molecule has 0 atom stereocenters. The summed E-state index contributed by atoms with van der Waals surface area (Å²) in [5.41, 5.74) is 3.07. The van der Waals surface area contributed by atoms with Gasteiger partial charge in [-0.15, -0.1) is 17.9 Å². The van der Waals surface area contributed by atoms with Crippen molar-refractivity contribution >= 4 is 34.5 Å². The van der Waals surface area contributed by atoms with Crippen LogP contribution < -0.4 is 0 Å². The lowest BCUT2D eigenvalue weighted by molar-refractivity contribution is 0.834. The Bertz CT molecular complexity index is 1100. The second-order valence-electron chi connectivity index (χ2n) is 5.91. The molecule has 3 aromatic heterocycles. The maximum absolute atomic E-state index is 6.52. The highest BCUT2D eigenvalue weighted by Gasteiger charge is 2.19. The van der Waals surface area contributed by atoms with Gasteiger partial charge in [-0.2, -0.15) is 0 Å². The zero-order valence-corrected chi connectivity index (χ0v) is 16.6. The summed E-state index contributed by atoms with van der Waals surface area (Å²) in [5.74, 6) is 0.890. The summed E-state index contributed by atoms with van der Waals surface area (Å²) in [5, 5.41) is 1.23. The molecule has 4 rings (SSSR count). The van der Waals surface area contributed by atoms with Gasteiger partial charge in [-0.05, 0) is 35.9 Å². The van der Waals surface area contributed by atoms with Crippen molar-refractivity contribution in [2.75, 3.05) is 0 Å². The Labute approximate surface area is 171 Å². The smallest absolute Gasteiger partial charge is 0.150 e. The van der Waals surface area contributed by atoms with E-state index in [2.05, 4.69) is 27.2 Å². The van der Waals surface area contributed by atoms with Gasteiger partial charge in [-0.25, -0.2) is 4.98 Å². The van der Waals surface area contributed by atoms with E-state index in [1.807, 2.05) is 36.5 Å². The lowest BCUT2D eigenvalue weighted by Gasteiger charge is -2.08. The van der Waals surface area contributed by atoms with Crippen LogP contribution in [0.15, 0.2) is 73.8 Å². The van der Waals surface area contributed by atoms with E-state index in [1.165, 1.54) is 0 Å². The Morgan fingerprint density at radius 1 is 1.04 bits per heavy atom. The van der Waals surface area contributed by atoms with E-state index in [-0.39, 0.29) is 0 Å². The fourth-order valence-corrected chi connectivity index (χ4v) is 4.63. The van der Waals surface area contributed by atoms with Crippen molar-refractivity contribution in [2.45, 2.75) is 6.54 Å². The molecule has 0 N–H and O–H groups in total. The largest absolute Gasteiger partial charge is 0.326 e. The third kappa shape index (κ3) is 3.56. The maximum atomic E-state index is 6.52. The predicted molar refractivity (Wildman–Crippen MR) is 114 cm³/mol. The number of halogens is 2. The summed E-state index contributed by atoms with van der Waals surface area (Å²) in [6.45, 7) is 4.53. The Hall–Kier alpha value is -2.40. The highest BCUT2D eigenvalue weighted by atomic mass is 35.5. The molecule has 27 heavy (non-hydrogen) atoms. The third-order valence-electron chi connectivity index (χ3n) is 4.16. The van der Waals surface area contributed by atoms with Gasteiger partial charge in [0.2, 0.25) is 0 Å². The number of imidazole rings is 1. The number of hydrogen-bond donors (Lipinski definition) is 0. The number of allylic oxidation sites excluding steroid dienone is 1. The summed E-state index contributed by atoms with van der Waals surface area (Å²) < 4.78 is 2.07. The number of aromatic nitrogens is 3. The van der Waals surface area contributed by atoms with Crippen molar-refractivity contribution in [3.8, 4) is 32.3 Å². The Morgan fingerprint density at radius 2 is 1.85 bits per heavy atom. The van der Waals surface area contributed by atoms with Gasteiger partial charge < -0.3 is 4.57 Å². The van der Waals surface area contributed by atoms with E-state index in [0.29, 0.717) is 16.6 Å². The van der Waals surface area contributed by atoms with Gasteiger partial charge in [0.25, 0.3) is 0 Å². The molecule has 0 aliphatic carbocycles. The second-order valence-corrected chi connectivity index (χ2v) is 7.80. The van der Waals surface area contributed by atoms with E-state index in [0.717, 1.165) is 32.3 Å². The summed E-state index contributed by atoms with van der Waals surface area (Å²) in [6, 6.07) is 11.7. The van der Waals surface area contributed by atoms with Gasteiger partial charge in [0.1, 0.15) is 0 Å². The topological polar surface area (TPSA) is 30.7 Å². The molecule has 3 heterocycles. The molecule has 0 saturated carbocycles. The van der Waals surface area contributed by atoms with E-state index in [1.54, 1.807) is 36.0 Å². The minimum Gasteiger partial charge on any atom is -0.326 e. The SMILES string of the molecule is C=CCn1ccnc1-c1sc(-c2ccncc2)cc1-c1ccc(Cl)cc1Cl. The Balaban J connectivity index is 1.94. The fraction of sp³-hybridized carbons (Fsp3) is 0.0476. The summed E-state index contributed by atoms with van der Waals surface area (Å²) in [6.07, 6.45) is 9.20. The number of rotatable bonds is 5. The van der Waals surface area contributed by atoms with E-state index in [9.17, 15) is 0 Å². The molecule has 0 fully saturated rings. The first-order valence-electron chi connectivity index (χ1n) is 8.29. The normalized spacial score (nSPS) is 10.9. The first-order chi connectivity index (χ1) is 13.2. The summed E-state index contributed by atoms with van der Waals surface area (Å²) in [7, 11) is 0. The van der Waals surface area contributed by atoms with Crippen molar-refractivity contribution in [1.82, 2.24) is 14.5 Å². The fourth-order valence-electron chi connectivity index (χ4n) is 2.93. The van der Waals surface area contributed by atoms with Crippen LogP contribution in [0.1, 0.15) is 0 Å². The first-order valence-corrected chi connectivity index (χ1v) is 9.86. The summed E-state index contributed by atoms with van der Waals surface area (Å²) in [4.78, 5) is 10.9. The molecule has 0 aliphatic heterocycles. The molecule has 0 spiro atoms. The quantitative estimate of drug-likeness (QED) is 0.336. The van der Waals surface area contributed by atoms with Crippen LogP contribution >= 0.6 is 34.5 Å². The minimum absolute atomic E-state index is 0.614. The van der Waals surface area contributed by atoms with Crippen molar-refractivity contribution in [2.24, 2.45) is 0 Å². The van der Waals surface area contributed by atoms with Gasteiger partial charge in [-0.3, -0.25) is 4.98 Å². The molecule has 0 amide bonds. The molecule has 4 aromatic rings. The van der Waals surface area contributed by atoms with Crippen molar-refractivity contribution in [3.05, 3.63) is 83.9 Å². The lowest BCUT2D eigenvalue weighted by atomic mass is 10.0. The van der Waals surface area contributed by atoms with E-state index in [4.69, 9.17) is 23.2 Å². The zero-order valence-electron chi connectivity index (χ0n) is 14.3.